The zero-order valence-corrected chi connectivity index (χ0v) is 14.2. The molecule has 1 amide bonds. The highest BCUT2D eigenvalue weighted by Gasteiger charge is 2.40. The molecular formula is C17H32N2O2. The first-order valence-corrected chi connectivity index (χ1v) is 8.62. The van der Waals surface area contributed by atoms with E-state index >= 15 is 0 Å². The molecule has 0 spiro atoms. The molecule has 0 aromatic heterocycles. The van der Waals surface area contributed by atoms with Crippen molar-refractivity contribution < 1.29 is 9.53 Å². The van der Waals surface area contributed by atoms with E-state index in [1.807, 2.05) is 27.7 Å². The Bertz CT molecular complexity index is 331. The normalized spacial score (nSPS) is 18.9. The van der Waals surface area contributed by atoms with E-state index in [0.29, 0.717) is 6.54 Å². The van der Waals surface area contributed by atoms with E-state index in [4.69, 9.17) is 4.74 Å². The monoisotopic (exact) mass is 296 g/mol. The molecule has 0 saturated heterocycles. The van der Waals surface area contributed by atoms with Gasteiger partial charge in [0, 0.05) is 19.1 Å². The summed E-state index contributed by atoms with van der Waals surface area (Å²) in [6.45, 7) is 10.2. The van der Waals surface area contributed by atoms with Crippen molar-refractivity contribution in [2.75, 3.05) is 19.6 Å². The second kappa shape index (κ2) is 6.99. The van der Waals surface area contributed by atoms with E-state index in [1.54, 1.807) is 4.90 Å². The molecule has 2 aliphatic carbocycles. The summed E-state index contributed by atoms with van der Waals surface area (Å²) in [4.78, 5) is 13.8. The third kappa shape index (κ3) is 5.85. The summed E-state index contributed by atoms with van der Waals surface area (Å²) in [6.07, 6.45) is 6.45. The van der Waals surface area contributed by atoms with Crippen molar-refractivity contribution in [3.8, 4) is 0 Å². The van der Waals surface area contributed by atoms with Crippen molar-refractivity contribution >= 4 is 6.09 Å². The lowest BCUT2D eigenvalue weighted by atomic mass is 10.1. The number of nitrogens with zero attached hydrogens (tertiary/aromatic N) is 1. The van der Waals surface area contributed by atoms with Crippen molar-refractivity contribution in [1.29, 1.82) is 0 Å². The molecule has 21 heavy (non-hydrogen) atoms. The fraction of sp³-hybridized carbons (Fsp3) is 0.941. The van der Waals surface area contributed by atoms with Crippen LogP contribution in [0.2, 0.25) is 0 Å². The maximum absolute atomic E-state index is 12.0. The van der Waals surface area contributed by atoms with Crippen LogP contribution in [0.1, 0.15) is 59.8 Å². The SMILES string of the molecule is CCN(CCCNC(C1CC1)C1CC1)C(=O)OC(C)(C)C. The first kappa shape index (κ1) is 16.6. The van der Waals surface area contributed by atoms with E-state index < -0.39 is 5.60 Å². The van der Waals surface area contributed by atoms with Crippen LogP contribution in [0, 0.1) is 11.8 Å². The van der Waals surface area contributed by atoms with Crippen LogP contribution in [0.15, 0.2) is 0 Å². The topological polar surface area (TPSA) is 41.6 Å². The first-order chi connectivity index (χ1) is 9.90. The van der Waals surface area contributed by atoms with E-state index in [0.717, 1.165) is 37.4 Å². The zero-order chi connectivity index (χ0) is 15.5. The lowest BCUT2D eigenvalue weighted by molar-refractivity contribution is 0.0258. The average Bonchev–Trinajstić information content (AvgIpc) is 3.25. The van der Waals surface area contributed by atoms with Gasteiger partial charge in [0.2, 0.25) is 0 Å². The number of hydrogen-bond donors (Lipinski definition) is 1. The maximum atomic E-state index is 12.0. The predicted molar refractivity (Wildman–Crippen MR) is 85.3 cm³/mol. The Labute approximate surface area is 129 Å². The molecule has 2 saturated carbocycles. The van der Waals surface area contributed by atoms with Gasteiger partial charge in [-0.1, -0.05) is 0 Å². The van der Waals surface area contributed by atoms with Gasteiger partial charge in [-0.2, -0.15) is 0 Å². The summed E-state index contributed by atoms with van der Waals surface area (Å²) in [5.74, 6) is 1.87. The molecule has 1 N–H and O–H groups in total. The van der Waals surface area contributed by atoms with Gasteiger partial charge in [-0.15, -0.1) is 0 Å². The van der Waals surface area contributed by atoms with E-state index in [2.05, 4.69) is 5.32 Å². The van der Waals surface area contributed by atoms with Crippen molar-refractivity contribution in [3.05, 3.63) is 0 Å². The van der Waals surface area contributed by atoms with Crippen LogP contribution >= 0.6 is 0 Å². The molecule has 122 valence electrons. The highest BCUT2D eigenvalue weighted by Crippen LogP contribution is 2.44. The quantitative estimate of drug-likeness (QED) is 0.698. The number of carbonyl (C=O) groups excluding carboxylic acids is 1. The number of hydrogen-bond acceptors (Lipinski definition) is 3. The molecule has 0 unspecified atom stereocenters. The van der Waals surface area contributed by atoms with Gasteiger partial charge in [0.25, 0.3) is 0 Å². The smallest absolute Gasteiger partial charge is 0.410 e. The number of carbonyl (C=O) groups is 1. The minimum absolute atomic E-state index is 0.189. The molecule has 2 aliphatic rings. The van der Waals surface area contributed by atoms with Crippen molar-refractivity contribution in [1.82, 2.24) is 10.2 Å². The summed E-state index contributed by atoms with van der Waals surface area (Å²) in [5, 5.41) is 3.73. The van der Waals surface area contributed by atoms with Crippen LogP contribution in [0.25, 0.3) is 0 Å². The highest BCUT2D eigenvalue weighted by molar-refractivity contribution is 5.68. The summed E-state index contributed by atoms with van der Waals surface area (Å²) in [7, 11) is 0. The Kier molecular flexibility index (Phi) is 5.53. The van der Waals surface area contributed by atoms with E-state index in [9.17, 15) is 4.79 Å². The molecule has 0 aromatic carbocycles. The van der Waals surface area contributed by atoms with Gasteiger partial charge in [0.15, 0.2) is 0 Å². The first-order valence-electron chi connectivity index (χ1n) is 8.62. The molecule has 0 heterocycles. The van der Waals surface area contributed by atoms with Crippen LogP contribution in [-0.2, 0) is 4.74 Å². The Morgan fingerprint density at radius 2 is 1.81 bits per heavy atom. The van der Waals surface area contributed by atoms with Gasteiger partial charge < -0.3 is 15.0 Å². The summed E-state index contributed by atoms with van der Waals surface area (Å²) < 4.78 is 5.43. The van der Waals surface area contributed by atoms with Gasteiger partial charge in [-0.25, -0.2) is 4.79 Å². The molecule has 0 aliphatic heterocycles. The third-order valence-electron chi connectivity index (χ3n) is 4.28. The molecule has 4 heteroatoms. The molecule has 2 fully saturated rings. The number of rotatable bonds is 8. The van der Waals surface area contributed by atoms with Crippen LogP contribution in [0.5, 0.6) is 0 Å². The van der Waals surface area contributed by atoms with Gasteiger partial charge in [0.1, 0.15) is 5.60 Å². The summed E-state index contributed by atoms with van der Waals surface area (Å²) >= 11 is 0. The second-order valence-corrected chi connectivity index (χ2v) is 7.57. The van der Waals surface area contributed by atoms with Crippen LogP contribution < -0.4 is 5.32 Å². The van der Waals surface area contributed by atoms with Crippen molar-refractivity contribution in [2.24, 2.45) is 11.8 Å². The zero-order valence-electron chi connectivity index (χ0n) is 14.2. The van der Waals surface area contributed by atoms with Crippen LogP contribution in [-0.4, -0.2) is 42.3 Å². The van der Waals surface area contributed by atoms with Gasteiger partial charge in [-0.05, 0) is 78.2 Å². The second-order valence-electron chi connectivity index (χ2n) is 7.57. The Balaban J connectivity index is 1.64. The van der Waals surface area contributed by atoms with Crippen LogP contribution in [0.3, 0.4) is 0 Å². The molecular weight excluding hydrogens is 264 g/mol. The van der Waals surface area contributed by atoms with Crippen LogP contribution in [0.4, 0.5) is 4.79 Å². The number of nitrogens with one attached hydrogen (secondary N) is 1. The summed E-state index contributed by atoms with van der Waals surface area (Å²) in [6, 6.07) is 0.751. The minimum Gasteiger partial charge on any atom is -0.444 e. The summed E-state index contributed by atoms with van der Waals surface area (Å²) in [5.41, 5.74) is -0.411. The standard InChI is InChI=1S/C17H32N2O2/c1-5-19(16(20)21-17(2,3)4)12-6-11-18-15(13-7-8-13)14-9-10-14/h13-15,18H,5-12H2,1-4H3. The Hall–Kier alpha value is -0.770. The van der Waals surface area contributed by atoms with Gasteiger partial charge >= 0.3 is 6.09 Å². The van der Waals surface area contributed by atoms with Crippen molar-refractivity contribution in [3.63, 3.8) is 0 Å². The number of ether oxygens (including phenoxy) is 1. The third-order valence-corrected chi connectivity index (χ3v) is 4.28. The highest BCUT2D eigenvalue weighted by atomic mass is 16.6. The fourth-order valence-corrected chi connectivity index (χ4v) is 2.87. The lowest BCUT2D eigenvalue weighted by Crippen LogP contribution is -2.39. The predicted octanol–water partition coefficient (Wildman–Crippen LogP) is 3.41. The largest absolute Gasteiger partial charge is 0.444 e. The lowest BCUT2D eigenvalue weighted by Gasteiger charge is -2.27. The molecule has 0 aromatic rings. The van der Waals surface area contributed by atoms with E-state index in [-0.39, 0.29) is 6.09 Å². The average molecular weight is 296 g/mol. The molecule has 0 bridgehead atoms. The van der Waals surface area contributed by atoms with Gasteiger partial charge in [-0.3, -0.25) is 0 Å². The fourth-order valence-electron chi connectivity index (χ4n) is 2.87. The maximum Gasteiger partial charge on any atom is 0.410 e. The Morgan fingerprint density at radius 1 is 1.24 bits per heavy atom. The molecule has 2 rings (SSSR count). The number of amides is 1. The molecule has 4 nitrogen and oxygen atoms in total. The van der Waals surface area contributed by atoms with Crippen molar-refractivity contribution in [2.45, 2.75) is 71.4 Å². The Morgan fingerprint density at radius 3 is 2.24 bits per heavy atom. The minimum atomic E-state index is -0.411. The molecule has 0 radical (unpaired) electrons. The van der Waals surface area contributed by atoms with Gasteiger partial charge in [0.05, 0.1) is 0 Å². The molecule has 0 atom stereocenters. The van der Waals surface area contributed by atoms with E-state index in [1.165, 1.54) is 25.7 Å².